The molecular weight excluding hydrogens is 480 g/mol. The highest BCUT2D eigenvalue weighted by atomic mass is 16.5. The lowest BCUT2D eigenvalue weighted by molar-refractivity contribution is -0.119. The molecule has 0 spiro atoms. The van der Waals surface area contributed by atoms with Crippen molar-refractivity contribution >= 4 is 46.1 Å². The summed E-state index contributed by atoms with van der Waals surface area (Å²) in [6.45, 7) is 4.29. The zero-order valence-corrected chi connectivity index (χ0v) is 22.2. The minimum absolute atomic E-state index is 0.00294. The van der Waals surface area contributed by atoms with Gasteiger partial charge < -0.3 is 25.2 Å². The minimum atomic E-state index is -0.472. The van der Waals surface area contributed by atoms with Crippen LogP contribution in [-0.4, -0.2) is 56.5 Å². The second-order valence-corrected chi connectivity index (χ2v) is 9.59. The van der Waals surface area contributed by atoms with Gasteiger partial charge in [0, 0.05) is 23.0 Å². The number of carbonyl (C=O) groups excluding carboxylic acids is 3. The molecule has 3 aromatic rings. The Morgan fingerprint density at radius 2 is 1.63 bits per heavy atom. The summed E-state index contributed by atoms with van der Waals surface area (Å²) in [5, 5.41) is 6.30. The number of amides is 2. The predicted molar refractivity (Wildman–Crippen MR) is 151 cm³/mol. The molecule has 0 bridgehead atoms. The number of carbonyl (C=O) groups is 3. The molecule has 0 aromatic heterocycles. The third kappa shape index (κ3) is 5.60. The number of hydrogen-bond donors (Lipinski definition) is 2. The standard InChI is InChI=1S/C30H32N4O4/c1-19(2)34(26(35)18-33(3)4)23-14-12-22(13-15-23)31-28(20-9-7-6-8-10-20)27-24-16-11-21(30(37)38-5)17-25(24)32-29(27)36/h6-17,19,31H,18H2,1-5H3,(H,32,36). The number of nitrogens with one attached hydrogen (secondary N) is 2. The van der Waals surface area contributed by atoms with Gasteiger partial charge in [0.2, 0.25) is 5.91 Å². The quantitative estimate of drug-likeness (QED) is 0.336. The van der Waals surface area contributed by atoms with E-state index in [0.29, 0.717) is 34.6 Å². The van der Waals surface area contributed by atoms with Crippen LogP contribution in [0, 0.1) is 0 Å². The van der Waals surface area contributed by atoms with Crippen LogP contribution in [0.1, 0.15) is 35.3 Å². The Labute approximate surface area is 222 Å². The molecular formula is C30H32N4O4. The first-order chi connectivity index (χ1) is 18.2. The maximum absolute atomic E-state index is 13.2. The second kappa shape index (κ2) is 11.3. The molecule has 0 unspecified atom stereocenters. The molecule has 2 N–H and O–H groups in total. The Balaban J connectivity index is 1.73. The molecule has 0 radical (unpaired) electrons. The zero-order chi connectivity index (χ0) is 27.4. The van der Waals surface area contributed by atoms with Crippen molar-refractivity contribution in [3.05, 3.63) is 89.5 Å². The summed E-state index contributed by atoms with van der Waals surface area (Å²) in [4.78, 5) is 41.7. The molecule has 0 atom stereocenters. The molecule has 8 nitrogen and oxygen atoms in total. The Morgan fingerprint density at radius 1 is 0.947 bits per heavy atom. The first kappa shape index (κ1) is 26.6. The molecule has 0 fully saturated rings. The fourth-order valence-corrected chi connectivity index (χ4v) is 4.48. The molecule has 2 amide bonds. The summed E-state index contributed by atoms with van der Waals surface area (Å²) in [7, 11) is 5.06. The van der Waals surface area contributed by atoms with Gasteiger partial charge in [-0.1, -0.05) is 36.4 Å². The van der Waals surface area contributed by atoms with Gasteiger partial charge in [0.25, 0.3) is 5.91 Å². The van der Waals surface area contributed by atoms with E-state index in [1.54, 1.807) is 23.1 Å². The molecule has 0 saturated carbocycles. The van der Waals surface area contributed by atoms with Crippen LogP contribution in [0.2, 0.25) is 0 Å². The minimum Gasteiger partial charge on any atom is -0.465 e. The Morgan fingerprint density at radius 3 is 2.24 bits per heavy atom. The number of methoxy groups -OCH3 is 1. The van der Waals surface area contributed by atoms with E-state index < -0.39 is 5.97 Å². The first-order valence-electron chi connectivity index (χ1n) is 12.4. The van der Waals surface area contributed by atoms with Crippen molar-refractivity contribution in [3.63, 3.8) is 0 Å². The van der Waals surface area contributed by atoms with Gasteiger partial charge in [-0.15, -0.1) is 0 Å². The van der Waals surface area contributed by atoms with Gasteiger partial charge in [-0.3, -0.25) is 9.59 Å². The fraction of sp³-hybridized carbons (Fsp3) is 0.233. The van der Waals surface area contributed by atoms with E-state index in [2.05, 4.69) is 10.6 Å². The number of hydrogen-bond acceptors (Lipinski definition) is 6. The summed E-state index contributed by atoms with van der Waals surface area (Å²) in [6, 6.07) is 22.2. The maximum atomic E-state index is 13.2. The Hall–Kier alpha value is -4.43. The third-order valence-electron chi connectivity index (χ3n) is 6.15. The van der Waals surface area contributed by atoms with E-state index >= 15 is 0 Å². The fourth-order valence-electron chi connectivity index (χ4n) is 4.48. The van der Waals surface area contributed by atoms with E-state index in [0.717, 1.165) is 16.9 Å². The number of fused-ring (bicyclic) bond motifs is 1. The van der Waals surface area contributed by atoms with Gasteiger partial charge in [0.05, 0.1) is 36.2 Å². The van der Waals surface area contributed by atoms with Crippen molar-refractivity contribution in [2.24, 2.45) is 0 Å². The lowest BCUT2D eigenvalue weighted by Gasteiger charge is -2.28. The highest BCUT2D eigenvalue weighted by molar-refractivity contribution is 6.37. The van der Waals surface area contributed by atoms with E-state index in [1.807, 2.05) is 87.4 Å². The van der Waals surface area contributed by atoms with Gasteiger partial charge in [-0.05, 0) is 69.9 Å². The van der Waals surface area contributed by atoms with Gasteiger partial charge in [-0.2, -0.15) is 0 Å². The zero-order valence-electron chi connectivity index (χ0n) is 22.2. The highest BCUT2D eigenvalue weighted by Crippen LogP contribution is 2.38. The van der Waals surface area contributed by atoms with Gasteiger partial charge in [-0.25, -0.2) is 4.79 Å². The van der Waals surface area contributed by atoms with Crippen molar-refractivity contribution in [2.45, 2.75) is 19.9 Å². The number of esters is 1. The van der Waals surface area contributed by atoms with Crippen LogP contribution < -0.4 is 15.5 Å². The number of ether oxygens (including phenoxy) is 1. The molecule has 0 aliphatic carbocycles. The van der Waals surface area contributed by atoms with Crippen LogP contribution in [0.25, 0.3) is 11.3 Å². The van der Waals surface area contributed by atoms with Crippen LogP contribution in [0.15, 0.2) is 72.8 Å². The SMILES string of the molecule is COC(=O)c1ccc2c(c1)NC(=O)C2=C(Nc1ccc(N(C(=O)CN(C)C)C(C)C)cc1)c1ccccc1. The van der Waals surface area contributed by atoms with Crippen molar-refractivity contribution < 1.29 is 19.1 Å². The van der Waals surface area contributed by atoms with E-state index in [9.17, 15) is 14.4 Å². The summed E-state index contributed by atoms with van der Waals surface area (Å²) in [5.41, 5.74) is 5.08. The van der Waals surface area contributed by atoms with Crippen LogP contribution >= 0.6 is 0 Å². The second-order valence-electron chi connectivity index (χ2n) is 9.59. The van der Waals surface area contributed by atoms with Crippen LogP contribution in [0.3, 0.4) is 0 Å². The molecule has 3 aromatic carbocycles. The lowest BCUT2D eigenvalue weighted by atomic mass is 9.99. The molecule has 1 aliphatic heterocycles. The molecule has 38 heavy (non-hydrogen) atoms. The van der Waals surface area contributed by atoms with Crippen molar-refractivity contribution in [2.75, 3.05) is 43.3 Å². The van der Waals surface area contributed by atoms with Gasteiger partial charge in [0.1, 0.15) is 0 Å². The van der Waals surface area contributed by atoms with E-state index in [-0.39, 0.29) is 17.9 Å². The number of anilines is 3. The molecule has 8 heteroatoms. The average Bonchev–Trinajstić information content (AvgIpc) is 3.22. The average molecular weight is 513 g/mol. The van der Waals surface area contributed by atoms with Crippen molar-refractivity contribution in [1.82, 2.24) is 4.90 Å². The summed E-state index contributed by atoms with van der Waals surface area (Å²) in [5.74, 6) is -0.728. The number of rotatable bonds is 8. The summed E-state index contributed by atoms with van der Waals surface area (Å²) >= 11 is 0. The molecule has 196 valence electrons. The topological polar surface area (TPSA) is 91.0 Å². The normalized spacial score (nSPS) is 13.7. The first-order valence-corrected chi connectivity index (χ1v) is 12.4. The smallest absolute Gasteiger partial charge is 0.337 e. The van der Waals surface area contributed by atoms with Crippen LogP contribution in [0.4, 0.5) is 17.1 Å². The predicted octanol–water partition coefficient (Wildman–Crippen LogP) is 4.71. The maximum Gasteiger partial charge on any atom is 0.337 e. The number of benzene rings is 3. The van der Waals surface area contributed by atoms with Crippen molar-refractivity contribution in [1.29, 1.82) is 0 Å². The van der Waals surface area contributed by atoms with Gasteiger partial charge >= 0.3 is 5.97 Å². The monoisotopic (exact) mass is 512 g/mol. The molecule has 1 aliphatic rings. The number of nitrogens with zero attached hydrogens (tertiary/aromatic N) is 2. The summed E-state index contributed by atoms with van der Waals surface area (Å²) in [6.07, 6.45) is 0. The summed E-state index contributed by atoms with van der Waals surface area (Å²) < 4.78 is 4.82. The number of likely N-dealkylation sites (N-methyl/N-ethyl adjacent to an activating group) is 1. The molecule has 0 saturated heterocycles. The third-order valence-corrected chi connectivity index (χ3v) is 6.15. The Kier molecular flexibility index (Phi) is 7.93. The lowest BCUT2D eigenvalue weighted by Crippen LogP contribution is -2.42. The van der Waals surface area contributed by atoms with Gasteiger partial charge in [0.15, 0.2) is 0 Å². The van der Waals surface area contributed by atoms with E-state index in [1.165, 1.54) is 7.11 Å². The molecule has 4 rings (SSSR count). The van der Waals surface area contributed by atoms with E-state index in [4.69, 9.17) is 4.74 Å². The van der Waals surface area contributed by atoms with Crippen molar-refractivity contribution in [3.8, 4) is 0 Å². The highest BCUT2D eigenvalue weighted by Gasteiger charge is 2.29. The Bertz CT molecular complexity index is 1380. The van der Waals surface area contributed by atoms with Crippen LogP contribution in [-0.2, 0) is 14.3 Å². The largest absolute Gasteiger partial charge is 0.465 e. The van der Waals surface area contributed by atoms with Crippen LogP contribution in [0.5, 0.6) is 0 Å². The molecule has 1 heterocycles.